The Labute approximate surface area is 221 Å². The molecule has 188 valence electrons. The maximum atomic E-state index is 15.6. The lowest BCUT2D eigenvalue weighted by atomic mass is 9.63. The van der Waals surface area contributed by atoms with E-state index in [0.717, 1.165) is 0 Å². The summed E-state index contributed by atoms with van der Waals surface area (Å²) in [6.07, 6.45) is 0.469. The van der Waals surface area contributed by atoms with Gasteiger partial charge in [-0.15, -0.1) is 0 Å². The zero-order valence-corrected chi connectivity index (χ0v) is 22.9. The number of esters is 1. The number of nitriles is 1. The second kappa shape index (κ2) is 9.90. The van der Waals surface area contributed by atoms with Crippen molar-refractivity contribution in [1.82, 2.24) is 5.32 Å². The Morgan fingerprint density at radius 1 is 1.14 bits per heavy atom. The van der Waals surface area contributed by atoms with Crippen molar-refractivity contribution in [3.63, 3.8) is 0 Å². The number of ether oxygens (including phenoxy) is 1. The third kappa shape index (κ3) is 5.62. The van der Waals surface area contributed by atoms with Crippen molar-refractivity contribution in [1.29, 1.82) is 5.26 Å². The molecule has 1 N–H and O–H groups in total. The van der Waals surface area contributed by atoms with Crippen LogP contribution in [-0.4, -0.2) is 23.7 Å². The summed E-state index contributed by atoms with van der Waals surface area (Å²) in [7, 11) is 0. The summed E-state index contributed by atoms with van der Waals surface area (Å²) in [5.74, 6) is -2.08. The highest BCUT2D eigenvalue weighted by Gasteiger charge is 2.61. The third-order valence-electron chi connectivity index (χ3n) is 6.11. The lowest BCUT2D eigenvalue weighted by molar-refractivity contribution is -0.157. The van der Waals surface area contributed by atoms with Crippen LogP contribution >= 0.6 is 34.8 Å². The topological polar surface area (TPSA) is 62.1 Å². The zero-order valence-electron chi connectivity index (χ0n) is 20.7. The lowest BCUT2D eigenvalue weighted by Gasteiger charge is -2.37. The van der Waals surface area contributed by atoms with Crippen LogP contribution < -0.4 is 5.32 Å². The van der Waals surface area contributed by atoms with Gasteiger partial charge < -0.3 is 4.74 Å². The van der Waals surface area contributed by atoms with E-state index in [4.69, 9.17) is 39.5 Å². The fourth-order valence-corrected chi connectivity index (χ4v) is 5.48. The molecule has 2 aromatic carbocycles. The Hall–Kier alpha value is -1.84. The van der Waals surface area contributed by atoms with Crippen LogP contribution in [0, 0.1) is 22.6 Å². The molecule has 0 saturated carbocycles. The highest BCUT2D eigenvalue weighted by molar-refractivity contribution is 6.42. The molecular formula is C27H30Cl3FN2O2. The van der Waals surface area contributed by atoms with E-state index >= 15 is 4.39 Å². The van der Waals surface area contributed by atoms with Crippen LogP contribution in [0.15, 0.2) is 36.4 Å². The van der Waals surface area contributed by atoms with Gasteiger partial charge in [0, 0.05) is 22.5 Å². The van der Waals surface area contributed by atoms with Crippen LogP contribution in [0.5, 0.6) is 0 Å². The van der Waals surface area contributed by atoms with E-state index in [1.807, 2.05) is 20.8 Å². The number of nitrogens with one attached hydrogen (secondary N) is 1. The number of carbonyl (C=O) groups is 1. The molecule has 1 heterocycles. The van der Waals surface area contributed by atoms with E-state index in [2.05, 4.69) is 11.4 Å². The minimum atomic E-state index is -1.52. The van der Waals surface area contributed by atoms with Crippen LogP contribution in [0.4, 0.5) is 4.39 Å². The highest BCUT2D eigenvalue weighted by Crippen LogP contribution is 2.54. The molecule has 0 radical (unpaired) electrons. The average Bonchev–Trinajstić information content (AvgIpc) is 3.02. The number of carbonyl (C=O) groups excluding carboxylic acids is 1. The molecule has 8 heteroatoms. The summed E-state index contributed by atoms with van der Waals surface area (Å²) in [6, 6.07) is 10.1. The normalized spacial score (nSPS) is 24.8. The quantitative estimate of drug-likeness (QED) is 0.410. The first-order chi connectivity index (χ1) is 16.1. The first-order valence-electron chi connectivity index (χ1n) is 11.4. The summed E-state index contributed by atoms with van der Waals surface area (Å²) in [6.45, 7) is 11.4. The van der Waals surface area contributed by atoms with Gasteiger partial charge in [-0.2, -0.15) is 5.26 Å². The molecule has 0 unspecified atom stereocenters. The molecule has 2 aromatic rings. The molecule has 1 saturated heterocycles. The van der Waals surface area contributed by atoms with E-state index in [0.29, 0.717) is 12.0 Å². The maximum absolute atomic E-state index is 15.6. The van der Waals surface area contributed by atoms with Gasteiger partial charge in [-0.25, -0.2) is 4.39 Å². The Bertz CT molecular complexity index is 1170. The van der Waals surface area contributed by atoms with Crippen LogP contribution in [0.2, 0.25) is 15.1 Å². The van der Waals surface area contributed by atoms with Gasteiger partial charge in [0.25, 0.3) is 0 Å². The van der Waals surface area contributed by atoms with Gasteiger partial charge in [-0.1, -0.05) is 73.8 Å². The Morgan fingerprint density at radius 2 is 1.80 bits per heavy atom. The van der Waals surface area contributed by atoms with Gasteiger partial charge in [-0.05, 0) is 56.4 Å². The molecule has 4 nitrogen and oxygen atoms in total. The van der Waals surface area contributed by atoms with Crippen molar-refractivity contribution in [2.24, 2.45) is 5.41 Å². The predicted molar refractivity (Wildman–Crippen MR) is 139 cm³/mol. The van der Waals surface area contributed by atoms with E-state index in [1.165, 1.54) is 12.1 Å². The van der Waals surface area contributed by atoms with Crippen LogP contribution in [0.25, 0.3) is 0 Å². The van der Waals surface area contributed by atoms with Gasteiger partial charge in [0.2, 0.25) is 0 Å². The van der Waals surface area contributed by atoms with E-state index < -0.39 is 40.8 Å². The zero-order chi connectivity index (χ0) is 26.3. The van der Waals surface area contributed by atoms with Crippen molar-refractivity contribution in [2.75, 3.05) is 0 Å². The summed E-state index contributed by atoms with van der Waals surface area (Å²) < 4.78 is 21.3. The molecule has 0 spiro atoms. The third-order valence-corrected chi connectivity index (χ3v) is 7.18. The number of rotatable bonds is 4. The number of hydrogen-bond acceptors (Lipinski definition) is 4. The van der Waals surface area contributed by atoms with Crippen molar-refractivity contribution in [3.05, 3.63) is 68.4 Å². The predicted octanol–water partition coefficient (Wildman–Crippen LogP) is 7.45. The van der Waals surface area contributed by atoms with Gasteiger partial charge in [-0.3, -0.25) is 10.1 Å². The fourth-order valence-electron chi connectivity index (χ4n) is 4.90. The van der Waals surface area contributed by atoms with Crippen molar-refractivity contribution < 1.29 is 13.9 Å². The van der Waals surface area contributed by atoms with Gasteiger partial charge in [0.15, 0.2) is 0 Å². The van der Waals surface area contributed by atoms with E-state index in [9.17, 15) is 10.1 Å². The lowest BCUT2D eigenvalue weighted by Crippen LogP contribution is -2.44. The minimum absolute atomic E-state index is 0.137. The maximum Gasteiger partial charge on any atom is 0.324 e. The number of halogens is 4. The van der Waals surface area contributed by atoms with Crippen molar-refractivity contribution in [3.8, 4) is 6.07 Å². The molecule has 0 amide bonds. The number of hydrogen-bond donors (Lipinski definition) is 1. The largest absolute Gasteiger partial charge is 0.459 e. The molecule has 35 heavy (non-hydrogen) atoms. The summed E-state index contributed by atoms with van der Waals surface area (Å²) >= 11 is 19.1. The van der Waals surface area contributed by atoms with Crippen LogP contribution in [0.3, 0.4) is 0 Å². The highest BCUT2D eigenvalue weighted by atomic mass is 35.5. The molecule has 0 aliphatic carbocycles. The molecule has 0 aromatic heterocycles. The Balaban J connectivity index is 2.37. The molecular weight excluding hydrogens is 510 g/mol. The summed E-state index contributed by atoms with van der Waals surface area (Å²) in [5.41, 5.74) is -1.94. The second-order valence-corrected chi connectivity index (χ2v) is 12.4. The Morgan fingerprint density at radius 3 is 2.34 bits per heavy atom. The molecule has 3 rings (SSSR count). The summed E-state index contributed by atoms with van der Waals surface area (Å²) in [4.78, 5) is 13.5. The average molecular weight is 540 g/mol. The number of benzene rings is 2. The standard InChI is InChI=1S/C27H30Cl3FN2O2/c1-25(2,3)13-20-27(14-32,17-11-10-15(28)12-19(17)31)21(16-8-7-9-18(29)22(16)30)23(33-20)24(34)35-26(4,5)6/h7-12,20-21,23,33H,13H2,1-6H3/t20-,21+,23+,27-/m0/s1. The van der Waals surface area contributed by atoms with Crippen molar-refractivity contribution in [2.45, 2.75) is 77.0 Å². The monoisotopic (exact) mass is 538 g/mol. The second-order valence-electron chi connectivity index (χ2n) is 11.2. The van der Waals surface area contributed by atoms with Crippen molar-refractivity contribution >= 4 is 40.8 Å². The molecule has 0 bridgehead atoms. The SMILES string of the molecule is CC(C)(C)C[C@@H]1N[C@@H](C(=O)OC(C)(C)C)[C@@H](c2cccc(Cl)c2Cl)[C@@]1(C#N)c1ccc(Cl)cc1F. The van der Waals surface area contributed by atoms with Crippen LogP contribution in [0.1, 0.15) is 65.0 Å². The smallest absolute Gasteiger partial charge is 0.324 e. The molecule has 1 aliphatic rings. The van der Waals surface area contributed by atoms with E-state index in [1.54, 1.807) is 45.0 Å². The fraction of sp³-hybridized carbons (Fsp3) is 0.481. The molecule has 4 atom stereocenters. The number of nitrogens with zero attached hydrogens (tertiary/aromatic N) is 1. The van der Waals surface area contributed by atoms with Crippen LogP contribution in [-0.2, 0) is 14.9 Å². The molecule has 1 aliphatic heterocycles. The first kappa shape index (κ1) is 27.7. The summed E-state index contributed by atoms with van der Waals surface area (Å²) in [5, 5.41) is 14.9. The van der Waals surface area contributed by atoms with E-state index in [-0.39, 0.29) is 26.0 Å². The van der Waals surface area contributed by atoms with Gasteiger partial charge >= 0.3 is 5.97 Å². The van der Waals surface area contributed by atoms with Gasteiger partial charge in [0.1, 0.15) is 22.9 Å². The first-order valence-corrected chi connectivity index (χ1v) is 12.5. The van der Waals surface area contributed by atoms with Gasteiger partial charge in [0.05, 0.1) is 16.1 Å². The minimum Gasteiger partial charge on any atom is -0.459 e. The Kier molecular flexibility index (Phi) is 7.85. The molecule has 1 fully saturated rings.